The third kappa shape index (κ3) is 5.07. The van der Waals surface area contributed by atoms with E-state index in [9.17, 15) is 18.8 Å². The maximum Gasteiger partial charge on any atom is 0.387 e. The first kappa shape index (κ1) is 21.8. The van der Waals surface area contributed by atoms with Crippen molar-refractivity contribution in [1.82, 2.24) is 9.55 Å². The van der Waals surface area contributed by atoms with Crippen LogP contribution < -0.4 is 15.8 Å². The van der Waals surface area contributed by atoms with Crippen LogP contribution >= 0.6 is 0 Å². The second kappa shape index (κ2) is 9.36. The van der Waals surface area contributed by atoms with E-state index < -0.39 is 12.6 Å². The first-order valence-corrected chi connectivity index (χ1v) is 10.0. The Bertz CT molecular complexity index is 1340. The van der Waals surface area contributed by atoms with Crippen molar-refractivity contribution in [3.8, 4) is 11.8 Å². The molecule has 166 valence electrons. The lowest BCUT2D eigenvalue weighted by atomic mass is 10.1. The van der Waals surface area contributed by atoms with Gasteiger partial charge in [-0.25, -0.2) is 9.78 Å². The molecule has 0 aliphatic carbocycles. The van der Waals surface area contributed by atoms with Crippen molar-refractivity contribution in [2.24, 2.45) is 5.73 Å². The van der Waals surface area contributed by atoms with Gasteiger partial charge in [0.2, 0.25) is 0 Å². The van der Waals surface area contributed by atoms with E-state index in [1.165, 1.54) is 6.07 Å². The maximum atomic E-state index is 12.9. The lowest BCUT2D eigenvalue weighted by Gasteiger charge is -2.14. The third-order valence-corrected chi connectivity index (χ3v) is 5.06. The molecule has 0 saturated heterocycles. The number of rotatable bonds is 7. The minimum atomic E-state index is -2.94. The molecule has 4 aromatic rings. The number of nitrogens with two attached hydrogens (primary N) is 1. The van der Waals surface area contributed by atoms with Crippen LogP contribution in [0.3, 0.4) is 0 Å². The second-order valence-corrected chi connectivity index (χ2v) is 7.28. The average Bonchev–Trinajstić information content (AvgIpc) is 3.11. The fourth-order valence-corrected chi connectivity index (χ4v) is 3.60. The summed E-state index contributed by atoms with van der Waals surface area (Å²) in [5.41, 5.74) is 9.05. The number of nitrogens with zero attached hydrogens (tertiary/aromatic N) is 3. The second-order valence-electron chi connectivity index (χ2n) is 7.28. The van der Waals surface area contributed by atoms with Crippen LogP contribution in [0.5, 0.6) is 5.75 Å². The molecule has 1 heterocycles. The number of carbonyl (C=O) groups is 1. The summed E-state index contributed by atoms with van der Waals surface area (Å²) in [6.45, 7) is -2.71. The van der Waals surface area contributed by atoms with Crippen LogP contribution in [0.2, 0.25) is 0 Å². The Morgan fingerprint density at radius 2 is 1.91 bits per heavy atom. The van der Waals surface area contributed by atoms with Gasteiger partial charge in [0.15, 0.2) is 0 Å². The monoisotopic (exact) mass is 447 g/mol. The third-order valence-electron chi connectivity index (χ3n) is 5.06. The number of para-hydroxylation sites is 1. The molecular formula is C24H19F2N5O2. The number of imidazole rings is 1. The van der Waals surface area contributed by atoms with Gasteiger partial charge >= 0.3 is 12.6 Å². The highest BCUT2D eigenvalue weighted by Gasteiger charge is 2.16. The number of ether oxygens (including phenoxy) is 1. The van der Waals surface area contributed by atoms with Crippen molar-refractivity contribution in [2.75, 3.05) is 5.32 Å². The molecule has 0 aliphatic heterocycles. The fourth-order valence-electron chi connectivity index (χ4n) is 3.60. The minimum Gasteiger partial charge on any atom is -0.434 e. The van der Waals surface area contributed by atoms with Gasteiger partial charge in [0, 0.05) is 17.7 Å². The molecule has 33 heavy (non-hydrogen) atoms. The Morgan fingerprint density at radius 3 is 2.61 bits per heavy atom. The highest BCUT2D eigenvalue weighted by molar-refractivity contribution is 5.87. The molecule has 0 saturated carbocycles. The van der Waals surface area contributed by atoms with Gasteiger partial charge in [-0.3, -0.25) is 0 Å². The molecule has 0 aliphatic rings. The fraction of sp³-hybridized carbons (Fsp3) is 0.125. The number of primary amides is 1. The van der Waals surface area contributed by atoms with E-state index >= 15 is 0 Å². The highest BCUT2D eigenvalue weighted by Crippen LogP contribution is 2.26. The van der Waals surface area contributed by atoms with Gasteiger partial charge in [-0.05, 0) is 42.0 Å². The number of nitriles is 1. The lowest BCUT2D eigenvalue weighted by molar-refractivity contribution is -0.0504. The Morgan fingerprint density at radius 1 is 1.15 bits per heavy atom. The van der Waals surface area contributed by atoms with Crippen LogP contribution in [0.15, 0.2) is 66.7 Å². The highest BCUT2D eigenvalue weighted by atomic mass is 19.3. The number of alkyl halides is 2. The van der Waals surface area contributed by atoms with Crippen LogP contribution in [0, 0.1) is 11.3 Å². The molecule has 2 amide bonds. The zero-order valence-corrected chi connectivity index (χ0v) is 17.3. The number of benzene rings is 3. The molecular weight excluding hydrogens is 428 g/mol. The average molecular weight is 447 g/mol. The van der Waals surface area contributed by atoms with Crippen molar-refractivity contribution < 1.29 is 18.3 Å². The number of carbonyl (C=O) groups excluding carboxylic acids is 1. The summed E-state index contributed by atoms with van der Waals surface area (Å²) in [7, 11) is 0. The van der Waals surface area contributed by atoms with Crippen LogP contribution in [-0.4, -0.2) is 22.2 Å². The molecule has 3 N–H and O–H groups in total. The smallest absolute Gasteiger partial charge is 0.387 e. The maximum absolute atomic E-state index is 12.9. The number of urea groups is 1. The summed E-state index contributed by atoms with van der Waals surface area (Å²) < 4.78 is 32.4. The van der Waals surface area contributed by atoms with Gasteiger partial charge < -0.3 is 20.4 Å². The quantitative estimate of drug-likeness (QED) is 0.430. The van der Waals surface area contributed by atoms with Crippen LogP contribution in [0.4, 0.5) is 19.3 Å². The van der Waals surface area contributed by atoms with E-state index in [2.05, 4.69) is 16.1 Å². The standard InChI is InChI=1S/C24H19F2N5O2/c25-23(26)33-21-4-2-1-3-17(21)14-31-20-11-16(13-27)7-10-19(20)30-22(31)12-15-5-8-18(9-6-15)29-24(28)32/h1-11,23H,12,14H2,(H3,28,29,32). The summed E-state index contributed by atoms with van der Waals surface area (Å²) in [5.74, 6) is 0.765. The minimum absolute atomic E-state index is 0.0821. The normalized spacial score (nSPS) is 10.8. The number of hydrogen-bond donors (Lipinski definition) is 2. The molecule has 0 unspecified atom stereocenters. The van der Waals surface area contributed by atoms with E-state index in [1.54, 1.807) is 48.5 Å². The number of anilines is 1. The zero-order chi connectivity index (χ0) is 23.4. The zero-order valence-electron chi connectivity index (χ0n) is 17.3. The molecule has 0 spiro atoms. The Hall–Kier alpha value is -4.45. The number of hydrogen-bond acceptors (Lipinski definition) is 4. The van der Waals surface area contributed by atoms with Crippen molar-refractivity contribution >= 4 is 22.8 Å². The summed E-state index contributed by atoms with van der Waals surface area (Å²) >= 11 is 0. The summed E-state index contributed by atoms with van der Waals surface area (Å²) in [6, 6.07) is 20.3. The molecule has 1 aromatic heterocycles. The van der Waals surface area contributed by atoms with Gasteiger partial charge in [0.25, 0.3) is 0 Å². The molecule has 7 nitrogen and oxygen atoms in total. The number of nitrogens with one attached hydrogen (secondary N) is 1. The molecule has 0 atom stereocenters. The topological polar surface area (TPSA) is 106 Å². The van der Waals surface area contributed by atoms with Crippen LogP contribution in [0.1, 0.15) is 22.5 Å². The molecule has 3 aromatic carbocycles. The van der Waals surface area contributed by atoms with Gasteiger partial charge in [0.05, 0.1) is 29.2 Å². The summed E-state index contributed by atoms with van der Waals surface area (Å²) in [5, 5.41) is 11.8. The Kier molecular flexibility index (Phi) is 6.17. The van der Waals surface area contributed by atoms with Crippen LogP contribution in [-0.2, 0) is 13.0 Å². The van der Waals surface area contributed by atoms with Gasteiger partial charge in [-0.2, -0.15) is 14.0 Å². The van der Waals surface area contributed by atoms with E-state index in [1.807, 2.05) is 16.7 Å². The summed E-state index contributed by atoms with van der Waals surface area (Å²) in [6.07, 6.45) is 0.436. The Labute approximate surface area is 188 Å². The largest absolute Gasteiger partial charge is 0.434 e. The molecule has 4 rings (SSSR count). The molecule has 0 bridgehead atoms. The van der Waals surface area contributed by atoms with Crippen molar-refractivity contribution in [3.05, 3.63) is 89.2 Å². The predicted molar refractivity (Wildman–Crippen MR) is 119 cm³/mol. The predicted octanol–water partition coefficient (Wildman–Crippen LogP) is 4.64. The summed E-state index contributed by atoms with van der Waals surface area (Å²) in [4.78, 5) is 15.7. The van der Waals surface area contributed by atoms with Gasteiger partial charge in [0.1, 0.15) is 11.6 Å². The Balaban J connectivity index is 1.74. The molecule has 0 radical (unpaired) electrons. The number of halogens is 2. The first-order chi connectivity index (χ1) is 15.9. The van der Waals surface area contributed by atoms with Gasteiger partial charge in [-0.15, -0.1) is 0 Å². The van der Waals surface area contributed by atoms with E-state index in [0.717, 1.165) is 5.56 Å². The van der Waals surface area contributed by atoms with E-state index in [0.29, 0.717) is 40.1 Å². The van der Waals surface area contributed by atoms with Crippen molar-refractivity contribution in [3.63, 3.8) is 0 Å². The number of fused-ring (bicyclic) bond motifs is 1. The van der Waals surface area contributed by atoms with Crippen molar-refractivity contribution in [1.29, 1.82) is 5.26 Å². The SMILES string of the molecule is N#Cc1ccc2nc(Cc3ccc(NC(N)=O)cc3)n(Cc3ccccc3OC(F)F)c2c1. The van der Waals surface area contributed by atoms with Crippen LogP contribution in [0.25, 0.3) is 11.0 Å². The molecule has 0 fully saturated rings. The molecule has 9 heteroatoms. The van der Waals surface area contributed by atoms with E-state index in [4.69, 9.17) is 10.7 Å². The number of amides is 2. The first-order valence-electron chi connectivity index (χ1n) is 10.0. The lowest BCUT2D eigenvalue weighted by Crippen LogP contribution is -2.19. The van der Waals surface area contributed by atoms with E-state index in [-0.39, 0.29) is 12.3 Å². The van der Waals surface area contributed by atoms with Crippen molar-refractivity contribution in [2.45, 2.75) is 19.6 Å². The number of aromatic nitrogens is 2. The van der Waals surface area contributed by atoms with Gasteiger partial charge in [-0.1, -0.05) is 30.3 Å².